The van der Waals surface area contributed by atoms with Crippen LogP contribution in [0.4, 0.5) is 0 Å². The van der Waals surface area contributed by atoms with Crippen molar-refractivity contribution < 1.29 is 4.84 Å². The van der Waals surface area contributed by atoms with E-state index in [-0.39, 0.29) is 0 Å². The summed E-state index contributed by atoms with van der Waals surface area (Å²) in [5.74, 6) is 5.68. The van der Waals surface area contributed by atoms with Gasteiger partial charge in [0, 0.05) is 5.02 Å². The van der Waals surface area contributed by atoms with Crippen molar-refractivity contribution in [3.63, 3.8) is 0 Å². The second-order valence-corrected chi connectivity index (χ2v) is 4.16. The molecule has 0 saturated heterocycles. The van der Waals surface area contributed by atoms with Crippen LogP contribution in [0.1, 0.15) is 29.9 Å². The van der Waals surface area contributed by atoms with E-state index in [9.17, 15) is 0 Å². The average molecular weight is 212 g/mol. The zero-order valence-corrected chi connectivity index (χ0v) is 8.76. The van der Waals surface area contributed by atoms with E-state index in [0.717, 1.165) is 11.4 Å². The SMILES string of the molecule is NOCCc1ccc(C2CC2)c(Cl)c1. The van der Waals surface area contributed by atoms with Crippen molar-refractivity contribution in [1.82, 2.24) is 0 Å². The summed E-state index contributed by atoms with van der Waals surface area (Å²) in [7, 11) is 0. The second-order valence-electron chi connectivity index (χ2n) is 3.75. The normalized spacial score (nSPS) is 15.9. The number of benzene rings is 1. The van der Waals surface area contributed by atoms with Gasteiger partial charge < -0.3 is 4.84 Å². The van der Waals surface area contributed by atoms with E-state index in [1.165, 1.54) is 24.0 Å². The van der Waals surface area contributed by atoms with Gasteiger partial charge in [-0.1, -0.05) is 23.7 Å². The molecule has 0 amide bonds. The Balaban J connectivity index is 2.09. The van der Waals surface area contributed by atoms with Crippen LogP contribution in [0, 0.1) is 0 Å². The minimum absolute atomic E-state index is 0.541. The molecule has 1 aromatic carbocycles. The number of rotatable bonds is 4. The Hall–Kier alpha value is -0.570. The summed E-state index contributed by atoms with van der Waals surface area (Å²) in [6.45, 7) is 0.541. The lowest BCUT2D eigenvalue weighted by Gasteiger charge is -2.05. The van der Waals surface area contributed by atoms with Gasteiger partial charge >= 0.3 is 0 Å². The van der Waals surface area contributed by atoms with Gasteiger partial charge in [0.25, 0.3) is 0 Å². The van der Waals surface area contributed by atoms with Crippen LogP contribution in [-0.4, -0.2) is 6.61 Å². The van der Waals surface area contributed by atoms with Gasteiger partial charge in [0.2, 0.25) is 0 Å². The van der Waals surface area contributed by atoms with Crippen LogP contribution in [-0.2, 0) is 11.3 Å². The molecule has 1 saturated carbocycles. The van der Waals surface area contributed by atoms with Crippen molar-refractivity contribution in [3.8, 4) is 0 Å². The molecule has 3 heteroatoms. The largest absolute Gasteiger partial charge is 0.304 e. The number of nitrogens with two attached hydrogens (primary N) is 1. The third-order valence-electron chi connectivity index (χ3n) is 2.59. The van der Waals surface area contributed by atoms with Gasteiger partial charge in [-0.15, -0.1) is 0 Å². The lowest BCUT2D eigenvalue weighted by atomic mass is 10.1. The first-order valence-corrected chi connectivity index (χ1v) is 5.29. The average Bonchev–Trinajstić information content (AvgIpc) is 2.98. The molecule has 0 atom stereocenters. The van der Waals surface area contributed by atoms with Crippen molar-refractivity contribution in [3.05, 3.63) is 34.3 Å². The van der Waals surface area contributed by atoms with Crippen molar-refractivity contribution >= 4 is 11.6 Å². The minimum atomic E-state index is 0.541. The van der Waals surface area contributed by atoms with Gasteiger partial charge in [-0.05, 0) is 42.4 Å². The molecule has 0 spiro atoms. The van der Waals surface area contributed by atoms with Crippen molar-refractivity contribution in [1.29, 1.82) is 0 Å². The van der Waals surface area contributed by atoms with Crippen LogP contribution in [0.3, 0.4) is 0 Å². The maximum absolute atomic E-state index is 6.17. The zero-order chi connectivity index (χ0) is 9.97. The molecule has 2 N–H and O–H groups in total. The topological polar surface area (TPSA) is 35.2 Å². The van der Waals surface area contributed by atoms with Gasteiger partial charge in [0.05, 0.1) is 6.61 Å². The highest BCUT2D eigenvalue weighted by Gasteiger charge is 2.25. The Morgan fingerprint density at radius 1 is 1.43 bits per heavy atom. The molecule has 2 rings (SSSR count). The molecule has 0 aliphatic heterocycles. The first kappa shape index (κ1) is 9.97. The van der Waals surface area contributed by atoms with Gasteiger partial charge in [-0.25, -0.2) is 5.90 Å². The highest BCUT2D eigenvalue weighted by atomic mass is 35.5. The molecule has 1 fully saturated rings. The smallest absolute Gasteiger partial charge is 0.0719 e. The monoisotopic (exact) mass is 211 g/mol. The molecular weight excluding hydrogens is 198 g/mol. The second kappa shape index (κ2) is 4.30. The van der Waals surface area contributed by atoms with Crippen LogP contribution in [0.25, 0.3) is 0 Å². The first-order valence-electron chi connectivity index (χ1n) is 4.91. The lowest BCUT2D eigenvalue weighted by Crippen LogP contribution is -2.03. The molecule has 0 bridgehead atoms. The molecule has 0 unspecified atom stereocenters. The van der Waals surface area contributed by atoms with E-state index in [0.29, 0.717) is 12.5 Å². The highest BCUT2D eigenvalue weighted by molar-refractivity contribution is 6.31. The molecule has 14 heavy (non-hydrogen) atoms. The van der Waals surface area contributed by atoms with E-state index in [1.54, 1.807) is 0 Å². The predicted octanol–water partition coefficient (Wildman–Crippen LogP) is 2.65. The molecule has 2 nitrogen and oxygen atoms in total. The van der Waals surface area contributed by atoms with Gasteiger partial charge in [-0.2, -0.15) is 0 Å². The lowest BCUT2D eigenvalue weighted by molar-refractivity contribution is 0.141. The zero-order valence-electron chi connectivity index (χ0n) is 8.00. The van der Waals surface area contributed by atoms with E-state index in [4.69, 9.17) is 17.5 Å². The summed E-state index contributed by atoms with van der Waals surface area (Å²) in [6, 6.07) is 6.26. The Bertz CT molecular complexity index is 323. The third-order valence-corrected chi connectivity index (χ3v) is 2.92. The Kier molecular flexibility index (Phi) is 3.06. The standard InChI is InChI=1S/C11H14ClNO/c12-11-7-8(5-6-14-13)1-4-10(11)9-2-3-9/h1,4,7,9H,2-3,5-6,13H2. The fraction of sp³-hybridized carbons (Fsp3) is 0.455. The molecule has 1 aliphatic carbocycles. The summed E-state index contributed by atoms with van der Waals surface area (Å²) >= 11 is 6.17. The number of hydrogen-bond donors (Lipinski definition) is 1. The molecule has 0 aromatic heterocycles. The molecule has 0 heterocycles. The quantitative estimate of drug-likeness (QED) is 0.778. The van der Waals surface area contributed by atoms with E-state index in [2.05, 4.69) is 17.0 Å². The Morgan fingerprint density at radius 3 is 2.79 bits per heavy atom. The van der Waals surface area contributed by atoms with Gasteiger partial charge in [0.15, 0.2) is 0 Å². The maximum Gasteiger partial charge on any atom is 0.0719 e. The highest BCUT2D eigenvalue weighted by Crippen LogP contribution is 2.43. The van der Waals surface area contributed by atoms with E-state index < -0.39 is 0 Å². The fourth-order valence-electron chi connectivity index (χ4n) is 1.63. The van der Waals surface area contributed by atoms with E-state index >= 15 is 0 Å². The molecule has 1 aliphatic rings. The predicted molar refractivity (Wildman–Crippen MR) is 57.3 cm³/mol. The van der Waals surface area contributed by atoms with Gasteiger partial charge in [-0.3, -0.25) is 0 Å². The van der Waals surface area contributed by atoms with Gasteiger partial charge in [0.1, 0.15) is 0 Å². The van der Waals surface area contributed by atoms with E-state index in [1.807, 2.05) is 6.07 Å². The fourth-order valence-corrected chi connectivity index (χ4v) is 1.99. The van der Waals surface area contributed by atoms with Crippen LogP contribution in [0.5, 0.6) is 0 Å². The maximum atomic E-state index is 6.17. The van der Waals surface area contributed by atoms with Crippen molar-refractivity contribution in [2.45, 2.75) is 25.2 Å². The molecule has 0 radical (unpaired) electrons. The Labute approximate surface area is 89.0 Å². The third kappa shape index (κ3) is 2.27. The summed E-state index contributed by atoms with van der Waals surface area (Å²) in [6.07, 6.45) is 3.39. The van der Waals surface area contributed by atoms with Crippen LogP contribution in [0.15, 0.2) is 18.2 Å². The molecule has 1 aromatic rings. The van der Waals surface area contributed by atoms with Crippen molar-refractivity contribution in [2.24, 2.45) is 5.90 Å². The summed E-state index contributed by atoms with van der Waals surface area (Å²) in [4.78, 5) is 4.53. The minimum Gasteiger partial charge on any atom is -0.304 e. The van der Waals surface area contributed by atoms with Crippen molar-refractivity contribution in [2.75, 3.05) is 6.61 Å². The van der Waals surface area contributed by atoms with Crippen LogP contribution < -0.4 is 5.90 Å². The molecule has 76 valence electrons. The van der Waals surface area contributed by atoms with Crippen LogP contribution >= 0.6 is 11.6 Å². The first-order chi connectivity index (χ1) is 6.81. The summed E-state index contributed by atoms with van der Waals surface area (Å²) in [5.41, 5.74) is 2.48. The molecular formula is C11H14ClNO. The number of hydrogen-bond acceptors (Lipinski definition) is 2. The summed E-state index contributed by atoms with van der Waals surface area (Å²) in [5, 5.41) is 0.891. The number of halogens is 1. The van der Waals surface area contributed by atoms with Crippen LogP contribution in [0.2, 0.25) is 5.02 Å². The summed E-state index contributed by atoms with van der Waals surface area (Å²) < 4.78 is 0. The Morgan fingerprint density at radius 2 is 2.21 bits per heavy atom.